The number of aromatic nitrogens is 2. The summed E-state index contributed by atoms with van der Waals surface area (Å²) in [5.41, 5.74) is 1.14. The molecule has 2 aromatic heterocycles. The highest BCUT2D eigenvalue weighted by Gasteiger charge is 2.28. The Bertz CT molecular complexity index is 557. The van der Waals surface area contributed by atoms with Crippen LogP contribution in [0.1, 0.15) is 12.1 Å². The standard InChI is InChI=1S/C13H14N2O3/c1-17-13(16)9-4-5-10-7-14-12(15(10)8-9)11-3-2-6-18-11/h2-3,6-7,9H,4-5,8H2,1H3. The molecule has 0 N–H and O–H groups in total. The maximum absolute atomic E-state index is 11.6. The smallest absolute Gasteiger partial charge is 0.310 e. The van der Waals surface area contributed by atoms with Crippen LogP contribution in [0, 0.1) is 5.92 Å². The van der Waals surface area contributed by atoms with Gasteiger partial charge in [0.15, 0.2) is 11.6 Å². The van der Waals surface area contributed by atoms with Crippen molar-refractivity contribution in [2.75, 3.05) is 7.11 Å². The molecule has 1 atom stereocenters. The van der Waals surface area contributed by atoms with Crippen molar-refractivity contribution < 1.29 is 13.9 Å². The lowest BCUT2D eigenvalue weighted by Crippen LogP contribution is -2.27. The van der Waals surface area contributed by atoms with E-state index in [4.69, 9.17) is 9.15 Å². The molecule has 0 radical (unpaired) electrons. The molecule has 0 fully saturated rings. The van der Waals surface area contributed by atoms with E-state index in [1.165, 1.54) is 7.11 Å². The summed E-state index contributed by atoms with van der Waals surface area (Å²) in [7, 11) is 1.43. The lowest BCUT2D eigenvalue weighted by atomic mass is 9.98. The van der Waals surface area contributed by atoms with Crippen molar-refractivity contribution in [1.82, 2.24) is 9.55 Å². The van der Waals surface area contributed by atoms with Gasteiger partial charge in [-0.25, -0.2) is 4.98 Å². The van der Waals surface area contributed by atoms with Crippen LogP contribution in [-0.2, 0) is 22.5 Å². The fourth-order valence-electron chi connectivity index (χ4n) is 2.41. The summed E-state index contributed by atoms with van der Waals surface area (Å²) in [6, 6.07) is 3.70. The fraction of sp³-hybridized carbons (Fsp3) is 0.385. The number of furan rings is 1. The number of fused-ring (bicyclic) bond motifs is 1. The average molecular weight is 246 g/mol. The first-order chi connectivity index (χ1) is 8.79. The van der Waals surface area contributed by atoms with Crippen LogP contribution in [0.3, 0.4) is 0 Å². The monoisotopic (exact) mass is 246 g/mol. The minimum atomic E-state index is -0.153. The molecule has 3 heterocycles. The lowest BCUT2D eigenvalue weighted by Gasteiger charge is -2.23. The summed E-state index contributed by atoms with van der Waals surface area (Å²) in [6.45, 7) is 0.609. The Hall–Kier alpha value is -2.04. The van der Waals surface area contributed by atoms with E-state index in [9.17, 15) is 4.79 Å². The second-order valence-electron chi connectivity index (χ2n) is 4.42. The Morgan fingerprint density at radius 2 is 2.50 bits per heavy atom. The molecule has 0 saturated carbocycles. The molecule has 0 saturated heterocycles. The molecule has 0 aliphatic carbocycles. The zero-order valence-electron chi connectivity index (χ0n) is 10.1. The number of hydrogen-bond donors (Lipinski definition) is 0. The van der Waals surface area contributed by atoms with E-state index in [2.05, 4.69) is 4.98 Å². The van der Waals surface area contributed by atoms with E-state index in [1.807, 2.05) is 22.9 Å². The molecule has 0 bridgehead atoms. The van der Waals surface area contributed by atoms with E-state index in [0.717, 1.165) is 30.1 Å². The molecule has 0 aromatic carbocycles. The molecule has 2 aromatic rings. The van der Waals surface area contributed by atoms with Gasteiger partial charge in [0, 0.05) is 18.4 Å². The maximum Gasteiger partial charge on any atom is 0.310 e. The van der Waals surface area contributed by atoms with Gasteiger partial charge in [-0.15, -0.1) is 0 Å². The summed E-state index contributed by atoms with van der Waals surface area (Å²) in [5.74, 6) is 1.26. The number of carbonyl (C=O) groups excluding carboxylic acids is 1. The van der Waals surface area contributed by atoms with Gasteiger partial charge < -0.3 is 13.7 Å². The molecule has 5 nitrogen and oxygen atoms in total. The van der Waals surface area contributed by atoms with Crippen molar-refractivity contribution in [1.29, 1.82) is 0 Å². The number of methoxy groups -OCH3 is 1. The van der Waals surface area contributed by atoms with Gasteiger partial charge >= 0.3 is 5.97 Å². The van der Waals surface area contributed by atoms with Crippen molar-refractivity contribution in [3.8, 4) is 11.6 Å². The van der Waals surface area contributed by atoms with Crippen LogP contribution in [-0.4, -0.2) is 22.6 Å². The number of ether oxygens (including phenoxy) is 1. The van der Waals surface area contributed by atoms with Gasteiger partial charge in [-0.1, -0.05) is 0 Å². The van der Waals surface area contributed by atoms with Crippen molar-refractivity contribution in [3.05, 3.63) is 30.3 Å². The summed E-state index contributed by atoms with van der Waals surface area (Å²) >= 11 is 0. The van der Waals surface area contributed by atoms with Crippen LogP contribution in [0.2, 0.25) is 0 Å². The number of carbonyl (C=O) groups is 1. The van der Waals surface area contributed by atoms with Gasteiger partial charge in [-0.3, -0.25) is 4.79 Å². The molecule has 94 valence electrons. The lowest BCUT2D eigenvalue weighted by molar-refractivity contribution is -0.146. The second kappa shape index (κ2) is 4.33. The van der Waals surface area contributed by atoms with E-state index < -0.39 is 0 Å². The largest absolute Gasteiger partial charge is 0.469 e. The molecule has 1 aliphatic rings. The summed E-state index contributed by atoms with van der Waals surface area (Å²) in [5, 5.41) is 0. The first-order valence-corrected chi connectivity index (χ1v) is 5.95. The van der Waals surface area contributed by atoms with E-state index >= 15 is 0 Å². The van der Waals surface area contributed by atoms with Gasteiger partial charge in [-0.2, -0.15) is 0 Å². The first-order valence-electron chi connectivity index (χ1n) is 5.95. The Morgan fingerprint density at radius 3 is 3.22 bits per heavy atom. The average Bonchev–Trinajstić information content (AvgIpc) is 3.05. The molecular weight excluding hydrogens is 232 g/mol. The fourth-order valence-corrected chi connectivity index (χ4v) is 2.41. The molecule has 3 rings (SSSR count). The van der Waals surface area contributed by atoms with Crippen molar-refractivity contribution in [3.63, 3.8) is 0 Å². The first kappa shape index (κ1) is 11.1. The van der Waals surface area contributed by atoms with E-state index in [1.54, 1.807) is 6.26 Å². The zero-order chi connectivity index (χ0) is 12.5. The van der Waals surface area contributed by atoms with Crippen LogP contribution in [0.5, 0.6) is 0 Å². The predicted molar refractivity (Wildman–Crippen MR) is 63.8 cm³/mol. The molecule has 5 heteroatoms. The highest BCUT2D eigenvalue weighted by Crippen LogP contribution is 2.27. The van der Waals surface area contributed by atoms with Crippen LogP contribution in [0.15, 0.2) is 29.0 Å². The van der Waals surface area contributed by atoms with Crippen molar-refractivity contribution in [2.45, 2.75) is 19.4 Å². The quantitative estimate of drug-likeness (QED) is 0.759. The Labute approximate surface area is 104 Å². The Balaban J connectivity index is 1.94. The summed E-state index contributed by atoms with van der Waals surface area (Å²) in [6.07, 6.45) is 5.13. The number of hydrogen-bond acceptors (Lipinski definition) is 4. The molecule has 1 aliphatic heterocycles. The number of imidazole rings is 1. The molecule has 0 spiro atoms. The molecular formula is C13H14N2O3. The van der Waals surface area contributed by atoms with E-state index in [0.29, 0.717) is 6.54 Å². The third-order valence-corrected chi connectivity index (χ3v) is 3.37. The van der Waals surface area contributed by atoms with Gasteiger partial charge in [0.05, 0.1) is 19.3 Å². The van der Waals surface area contributed by atoms with Crippen LogP contribution in [0.4, 0.5) is 0 Å². The highest BCUT2D eigenvalue weighted by molar-refractivity contribution is 5.72. The minimum absolute atomic E-state index is 0.0922. The van der Waals surface area contributed by atoms with E-state index in [-0.39, 0.29) is 11.9 Å². The highest BCUT2D eigenvalue weighted by atomic mass is 16.5. The molecule has 18 heavy (non-hydrogen) atoms. The van der Waals surface area contributed by atoms with Crippen LogP contribution < -0.4 is 0 Å². The number of rotatable bonds is 2. The number of esters is 1. The van der Waals surface area contributed by atoms with Gasteiger partial charge in [0.1, 0.15) is 0 Å². The van der Waals surface area contributed by atoms with Gasteiger partial charge in [0.2, 0.25) is 0 Å². The Kier molecular flexibility index (Phi) is 2.66. The summed E-state index contributed by atoms with van der Waals surface area (Å²) < 4.78 is 12.2. The van der Waals surface area contributed by atoms with Crippen LogP contribution >= 0.6 is 0 Å². The maximum atomic E-state index is 11.6. The van der Waals surface area contributed by atoms with Crippen molar-refractivity contribution in [2.24, 2.45) is 5.92 Å². The summed E-state index contributed by atoms with van der Waals surface area (Å²) in [4.78, 5) is 16.0. The second-order valence-corrected chi connectivity index (χ2v) is 4.42. The Morgan fingerprint density at radius 1 is 1.61 bits per heavy atom. The third-order valence-electron chi connectivity index (χ3n) is 3.37. The topological polar surface area (TPSA) is 57.3 Å². The zero-order valence-corrected chi connectivity index (χ0v) is 10.1. The SMILES string of the molecule is COC(=O)C1CCc2cnc(-c3ccco3)n2C1. The third kappa shape index (κ3) is 1.72. The molecule has 0 amide bonds. The van der Waals surface area contributed by atoms with Gasteiger partial charge in [-0.05, 0) is 25.0 Å². The molecule has 1 unspecified atom stereocenters. The van der Waals surface area contributed by atoms with Crippen molar-refractivity contribution >= 4 is 5.97 Å². The van der Waals surface area contributed by atoms with Crippen LogP contribution in [0.25, 0.3) is 11.6 Å². The van der Waals surface area contributed by atoms with Gasteiger partial charge in [0.25, 0.3) is 0 Å². The predicted octanol–water partition coefficient (Wildman–Crippen LogP) is 1.88. The normalized spacial score (nSPS) is 18.4. The number of aryl methyl sites for hydroxylation is 1. The number of nitrogens with zero attached hydrogens (tertiary/aromatic N) is 2. The minimum Gasteiger partial charge on any atom is -0.469 e.